The number of amides is 1. The highest BCUT2D eigenvalue weighted by molar-refractivity contribution is 5.92. The maximum Gasteiger partial charge on any atom is 0.338 e. The summed E-state index contributed by atoms with van der Waals surface area (Å²) in [6.07, 6.45) is 6.39. The number of hydrogen-bond acceptors (Lipinski definition) is 4. The normalized spacial score (nSPS) is 32.9. The molecule has 0 saturated heterocycles. The van der Waals surface area contributed by atoms with Crippen LogP contribution < -0.4 is 5.32 Å². The number of carbonyl (C=O) groups is 2. The Bertz CT molecular complexity index is 661. The molecule has 4 bridgehead atoms. The summed E-state index contributed by atoms with van der Waals surface area (Å²) < 4.78 is 5.37. The smallest absolute Gasteiger partial charge is 0.338 e. The average molecular weight is 357 g/mol. The summed E-state index contributed by atoms with van der Waals surface area (Å²) in [5.41, 5.74) is 1.04. The van der Waals surface area contributed by atoms with Crippen LogP contribution in [0.3, 0.4) is 0 Å². The van der Waals surface area contributed by atoms with Crippen LogP contribution in [0, 0.1) is 17.8 Å². The lowest BCUT2D eigenvalue weighted by Gasteiger charge is -2.57. The van der Waals surface area contributed by atoms with Crippen molar-refractivity contribution in [2.45, 2.75) is 63.7 Å². The molecule has 1 atom stereocenters. The fourth-order valence-electron chi connectivity index (χ4n) is 5.66. The van der Waals surface area contributed by atoms with E-state index >= 15 is 0 Å². The largest absolute Gasteiger partial charge is 0.449 e. The van der Waals surface area contributed by atoms with Crippen LogP contribution in [-0.2, 0) is 16.1 Å². The van der Waals surface area contributed by atoms with Crippen LogP contribution in [0.1, 0.15) is 61.4 Å². The third kappa shape index (κ3) is 3.37. The average Bonchev–Trinajstić information content (AvgIpc) is 2.60. The van der Waals surface area contributed by atoms with Gasteiger partial charge in [-0.1, -0.05) is 12.1 Å². The minimum absolute atomic E-state index is 0.0702. The first-order chi connectivity index (χ1) is 12.5. The molecule has 5 nitrogen and oxygen atoms in total. The summed E-state index contributed by atoms with van der Waals surface area (Å²) >= 11 is 0. The van der Waals surface area contributed by atoms with Crippen molar-refractivity contribution < 1.29 is 19.4 Å². The molecule has 140 valence electrons. The Hall–Kier alpha value is -1.88. The lowest BCUT2D eigenvalue weighted by Crippen LogP contribution is -2.61. The van der Waals surface area contributed by atoms with Crippen LogP contribution in [0.15, 0.2) is 24.3 Å². The van der Waals surface area contributed by atoms with Gasteiger partial charge in [0.05, 0.1) is 12.2 Å². The van der Waals surface area contributed by atoms with Crippen molar-refractivity contribution in [1.82, 2.24) is 5.32 Å². The Morgan fingerprint density at radius 2 is 1.65 bits per heavy atom. The van der Waals surface area contributed by atoms with Gasteiger partial charge in [-0.2, -0.15) is 0 Å². The van der Waals surface area contributed by atoms with E-state index in [1.54, 1.807) is 31.2 Å². The molecule has 4 saturated carbocycles. The molecule has 2 N–H and O–H groups in total. The van der Waals surface area contributed by atoms with Gasteiger partial charge in [0, 0.05) is 5.54 Å². The molecule has 1 aromatic rings. The van der Waals surface area contributed by atoms with Crippen LogP contribution in [0.25, 0.3) is 0 Å². The van der Waals surface area contributed by atoms with Gasteiger partial charge in [0.1, 0.15) is 0 Å². The number of nitrogens with one attached hydrogen (secondary N) is 1. The fraction of sp³-hybridized carbons (Fsp3) is 0.619. The molecule has 1 amide bonds. The third-order valence-corrected chi connectivity index (χ3v) is 6.45. The van der Waals surface area contributed by atoms with Gasteiger partial charge in [0.2, 0.25) is 0 Å². The van der Waals surface area contributed by atoms with Gasteiger partial charge in [-0.25, -0.2) is 4.79 Å². The maximum absolute atomic E-state index is 12.7. The fourth-order valence-corrected chi connectivity index (χ4v) is 5.66. The molecule has 4 aliphatic carbocycles. The van der Waals surface area contributed by atoms with Crippen molar-refractivity contribution in [2.24, 2.45) is 17.8 Å². The molecular formula is C21H27NO4. The molecule has 1 aromatic carbocycles. The maximum atomic E-state index is 12.7. The summed E-state index contributed by atoms with van der Waals surface area (Å²) in [6.45, 7) is 1.56. The summed E-state index contributed by atoms with van der Waals surface area (Å²) in [6, 6.07) is 6.57. The first kappa shape index (κ1) is 17.5. The Kier molecular flexibility index (Phi) is 4.51. The number of aliphatic hydroxyl groups excluding tert-OH is 1. The van der Waals surface area contributed by atoms with E-state index < -0.39 is 12.1 Å². The molecule has 5 heteroatoms. The van der Waals surface area contributed by atoms with E-state index in [9.17, 15) is 9.59 Å². The topological polar surface area (TPSA) is 75.6 Å². The number of esters is 1. The number of aliphatic hydroxyl groups is 1. The van der Waals surface area contributed by atoms with Gasteiger partial charge in [-0.15, -0.1) is 0 Å². The number of carbonyl (C=O) groups excluding carboxylic acids is 2. The summed E-state index contributed by atoms with van der Waals surface area (Å²) in [5, 5.41) is 12.3. The second-order valence-electron chi connectivity index (χ2n) is 8.59. The van der Waals surface area contributed by atoms with Gasteiger partial charge >= 0.3 is 5.97 Å². The number of rotatable bonds is 5. The second kappa shape index (κ2) is 6.69. The molecule has 4 aliphatic rings. The highest BCUT2D eigenvalue weighted by Gasteiger charge is 2.51. The monoisotopic (exact) mass is 357 g/mol. The van der Waals surface area contributed by atoms with E-state index in [1.165, 1.54) is 19.3 Å². The predicted molar refractivity (Wildman–Crippen MR) is 96.3 cm³/mol. The Morgan fingerprint density at radius 3 is 2.15 bits per heavy atom. The van der Waals surface area contributed by atoms with Crippen LogP contribution in [0.2, 0.25) is 0 Å². The first-order valence-corrected chi connectivity index (χ1v) is 9.69. The number of ether oxygens (including phenoxy) is 1. The minimum atomic E-state index is -0.812. The molecule has 26 heavy (non-hydrogen) atoms. The number of hydrogen-bond donors (Lipinski definition) is 2. The molecule has 4 fully saturated rings. The van der Waals surface area contributed by atoms with Gasteiger partial charge in [-0.3, -0.25) is 4.79 Å². The van der Waals surface area contributed by atoms with Crippen molar-refractivity contribution in [2.75, 3.05) is 0 Å². The van der Waals surface area contributed by atoms with Gasteiger partial charge in [-0.05, 0) is 80.9 Å². The zero-order valence-corrected chi connectivity index (χ0v) is 15.2. The van der Waals surface area contributed by atoms with Crippen LogP contribution >= 0.6 is 0 Å². The van der Waals surface area contributed by atoms with E-state index in [1.807, 2.05) is 0 Å². The Morgan fingerprint density at radius 1 is 1.12 bits per heavy atom. The molecule has 0 spiro atoms. The molecule has 0 aromatic heterocycles. The van der Waals surface area contributed by atoms with Crippen molar-refractivity contribution in [3.05, 3.63) is 35.4 Å². The highest BCUT2D eigenvalue weighted by Crippen LogP contribution is 2.55. The molecular weight excluding hydrogens is 330 g/mol. The SMILES string of the molecule is C[C@@H](OC(=O)c1ccc(CO)cc1)C(=O)NC12CC3CC(CC(C3)C1)C2. The van der Waals surface area contributed by atoms with Crippen molar-refractivity contribution in [3.8, 4) is 0 Å². The third-order valence-electron chi connectivity index (χ3n) is 6.45. The highest BCUT2D eigenvalue weighted by atomic mass is 16.5. The Balaban J connectivity index is 1.36. The summed E-state index contributed by atoms with van der Waals surface area (Å²) in [5.74, 6) is 1.56. The van der Waals surface area contributed by atoms with Crippen LogP contribution in [-0.4, -0.2) is 28.6 Å². The number of benzene rings is 1. The van der Waals surface area contributed by atoms with Gasteiger partial charge in [0.15, 0.2) is 6.10 Å². The van der Waals surface area contributed by atoms with Gasteiger partial charge in [0.25, 0.3) is 5.91 Å². The second-order valence-corrected chi connectivity index (χ2v) is 8.59. The zero-order chi connectivity index (χ0) is 18.3. The minimum Gasteiger partial charge on any atom is -0.449 e. The van der Waals surface area contributed by atoms with E-state index in [0.29, 0.717) is 5.56 Å². The van der Waals surface area contributed by atoms with E-state index in [2.05, 4.69) is 5.32 Å². The van der Waals surface area contributed by atoms with Gasteiger partial charge < -0.3 is 15.2 Å². The quantitative estimate of drug-likeness (QED) is 0.795. The molecule has 0 aliphatic heterocycles. The Labute approximate surface area is 154 Å². The van der Waals surface area contributed by atoms with Crippen molar-refractivity contribution >= 4 is 11.9 Å². The van der Waals surface area contributed by atoms with Crippen molar-refractivity contribution in [1.29, 1.82) is 0 Å². The zero-order valence-electron chi connectivity index (χ0n) is 15.2. The van der Waals surface area contributed by atoms with Crippen LogP contribution in [0.5, 0.6) is 0 Å². The first-order valence-electron chi connectivity index (χ1n) is 9.69. The molecule has 0 heterocycles. The van der Waals surface area contributed by atoms with Crippen LogP contribution in [0.4, 0.5) is 0 Å². The molecule has 5 rings (SSSR count). The molecule has 0 radical (unpaired) electrons. The lowest BCUT2D eigenvalue weighted by molar-refractivity contribution is -0.134. The summed E-state index contributed by atoms with van der Waals surface area (Å²) in [7, 11) is 0. The molecule has 0 unspecified atom stereocenters. The predicted octanol–water partition coefficient (Wildman–Crippen LogP) is 2.81. The van der Waals surface area contributed by atoms with E-state index in [-0.39, 0.29) is 18.1 Å². The van der Waals surface area contributed by atoms with E-state index in [4.69, 9.17) is 9.84 Å². The van der Waals surface area contributed by atoms with E-state index in [0.717, 1.165) is 42.6 Å². The standard InChI is InChI=1S/C21H27NO4/c1-13(26-20(25)18-4-2-14(12-23)3-5-18)19(24)22-21-9-15-6-16(10-21)8-17(7-15)11-21/h2-5,13,15-17,23H,6-12H2,1H3,(H,22,24)/t13-,15?,16?,17?,21?/m1/s1. The summed E-state index contributed by atoms with van der Waals surface area (Å²) in [4.78, 5) is 24.9. The van der Waals surface area contributed by atoms with Crippen molar-refractivity contribution in [3.63, 3.8) is 0 Å². The lowest BCUT2D eigenvalue weighted by atomic mass is 9.53.